The van der Waals surface area contributed by atoms with Gasteiger partial charge in [0, 0.05) is 25.1 Å². The molecule has 18 heavy (non-hydrogen) atoms. The summed E-state index contributed by atoms with van der Waals surface area (Å²) < 4.78 is 5.60. The third-order valence-corrected chi connectivity index (χ3v) is 3.65. The first-order valence-corrected chi connectivity index (χ1v) is 6.62. The van der Waals surface area contributed by atoms with Gasteiger partial charge in [0.05, 0.1) is 12.6 Å². The summed E-state index contributed by atoms with van der Waals surface area (Å²) in [4.78, 5) is 14.0. The van der Waals surface area contributed by atoms with Crippen LogP contribution < -0.4 is 10.1 Å². The predicted molar refractivity (Wildman–Crippen MR) is 68.6 cm³/mol. The van der Waals surface area contributed by atoms with Crippen molar-refractivity contribution in [3.05, 3.63) is 29.8 Å². The van der Waals surface area contributed by atoms with E-state index in [0.29, 0.717) is 6.61 Å². The zero-order valence-corrected chi connectivity index (χ0v) is 10.4. The van der Waals surface area contributed by atoms with Crippen molar-refractivity contribution in [3.63, 3.8) is 0 Å². The van der Waals surface area contributed by atoms with Gasteiger partial charge in [-0.25, -0.2) is 4.79 Å². The molecule has 0 aromatic heterocycles. The second kappa shape index (κ2) is 4.88. The minimum Gasteiger partial charge on any atom is -0.493 e. The Morgan fingerprint density at radius 2 is 2.06 bits per heavy atom. The fourth-order valence-electron chi connectivity index (χ4n) is 2.65. The van der Waals surface area contributed by atoms with Gasteiger partial charge in [0.2, 0.25) is 0 Å². The topological polar surface area (TPSA) is 41.6 Å². The number of carbonyl (C=O) groups excluding carboxylic acids is 1. The second-order valence-electron chi connectivity index (χ2n) is 4.87. The number of nitrogens with one attached hydrogen (secondary N) is 1. The normalized spacial score (nSPS) is 22.2. The summed E-state index contributed by atoms with van der Waals surface area (Å²) in [7, 11) is 0. The number of hydrogen-bond donors (Lipinski definition) is 1. The van der Waals surface area contributed by atoms with E-state index >= 15 is 0 Å². The van der Waals surface area contributed by atoms with Crippen LogP contribution in [0.25, 0.3) is 0 Å². The summed E-state index contributed by atoms with van der Waals surface area (Å²) >= 11 is 0. The molecule has 1 aromatic carbocycles. The van der Waals surface area contributed by atoms with Crippen molar-refractivity contribution in [1.29, 1.82) is 0 Å². The van der Waals surface area contributed by atoms with Gasteiger partial charge in [0.15, 0.2) is 0 Å². The molecule has 0 aliphatic carbocycles. The zero-order chi connectivity index (χ0) is 12.4. The number of urea groups is 1. The number of likely N-dealkylation sites (tertiary alicyclic amines) is 1. The Morgan fingerprint density at radius 1 is 1.28 bits per heavy atom. The molecule has 1 saturated heterocycles. The van der Waals surface area contributed by atoms with E-state index in [2.05, 4.69) is 5.32 Å². The molecule has 2 aliphatic heterocycles. The van der Waals surface area contributed by atoms with E-state index in [9.17, 15) is 4.79 Å². The van der Waals surface area contributed by atoms with Gasteiger partial charge in [-0.1, -0.05) is 18.2 Å². The highest BCUT2D eigenvalue weighted by molar-refractivity contribution is 5.75. The van der Waals surface area contributed by atoms with Crippen molar-refractivity contribution < 1.29 is 9.53 Å². The van der Waals surface area contributed by atoms with Crippen LogP contribution in [0.3, 0.4) is 0 Å². The van der Waals surface area contributed by atoms with Crippen LogP contribution in [0.5, 0.6) is 5.75 Å². The predicted octanol–water partition coefficient (Wildman–Crippen LogP) is 2.32. The number of benzene rings is 1. The number of amides is 2. The van der Waals surface area contributed by atoms with E-state index in [0.717, 1.165) is 43.7 Å². The van der Waals surface area contributed by atoms with E-state index in [-0.39, 0.29) is 12.1 Å². The molecule has 4 nitrogen and oxygen atoms in total. The monoisotopic (exact) mass is 246 g/mol. The van der Waals surface area contributed by atoms with Gasteiger partial charge in [0.25, 0.3) is 0 Å². The minimum atomic E-state index is 0.0641. The number of rotatable bonds is 1. The molecule has 2 heterocycles. The first-order valence-electron chi connectivity index (χ1n) is 6.62. The summed E-state index contributed by atoms with van der Waals surface area (Å²) in [6.45, 7) is 2.44. The average molecular weight is 246 g/mol. The molecular formula is C14H18N2O2. The van der Waals surface area contributed by atoms with Crippen molar-refractivity contribution in [1.82, 2.24) is 10.2 Å². The Balaban J connectivity index is 1.72. The van der Waals surface area contributed by atoms with Gasteiger partial charge in [-0.15, -0.1) is 0 Å². The fourth-order valence-corrected chi connectivity index (χ4v) is 2.65. The molecule has 2 aliphatic rings. The molecular weight excluding hydrogens is 228 g/mol. The molecule has 1 atom stereocenters. The van der Waals surface area contributed by atoms with Crippen LogP contribution in [-0.2, 0) is 0 Å². The maximum atomic E-state index is 12.1. The first-order chi connectivity index (χ1) is 8.84. The molecule has 3 rings (SSSR count). The van der Waals surface area contributed by atoms with E-state index in [1.54, 1.807) is 0 Å². The Bertz CT molecular complexity index is 441. The van der Waals surface area contributed by atoms with Crippen LogP contribution in [0, 0.1) is 0 Å². The SMILES string of the molecule is O=C(NC1CCOc2ccccc21)N1CCCC1. The Labute approximate surface area is 107 Å². The Kier molecular flexibility index (Phi) is 3.09. The van der Waals surface area contributed by atoms with Gasteiger partial charge in [-0.2, -0.15) is 0 Å². The van der Waals surface area contributed by atoms with Crippen LogP contribution in [0.15, 0.2) is 24.3 Å². The maximum Gasteiger partial charge on any atom is 0.317 e. The molecule has 1 fully saturated rings. The van der Waals surface area contributed by atoms with Crippen molar-refractivity contribution in [2.45, 2.75) is 25.3 Å². The van der Waals surface area contributed by atoms with E-state index in [1.807, 2.05) is 29.2 Å². The summed E-state index contributed by atoms with van der Waals surface area (Å²) in [5.41, 5.74) is 1.09. The molecule has 1 aromatic rings. The van der Waals surface area contributed by atoms with Crippen LogP contribution in [-0.4, -0.2) is 30.6 Å². The molecule has 1 unspecified atom stereocenters. The van der Waals surface area contributed by atoms with Crippen molar-refractivity contribution in [2.75, 3.05) is 19.7 Å². The highest BCUT2D eigenvalue weighted by Crippen LogP contribution is 2.31. The molecule has 1 N–H and O–H groups in total. The second-order valence-corrected chi connectivity index (χ2v) is 4.87. The highest BCUT2D eigenvalue weighted by Gasteiger charge is 2.25. The number of para-hydroxylation sites is 1. The van der Waals surface area contributed by atoms with Crippen LogP contribution in [0.4, 0.5) is 4.79 Å². The summed E-state index contributed by atoms with van der Waals surface area (Å²) in [6, 6.07) is 8.09. The van der Waals surface area contributed by atoms with E-state index in [1.165, 1.54) is 0 Å². The maximum absolute atomic E-state index is 12.1. The molecule has 0 spiro atoms. The molecule has 0 bridgehead atoms. The lowest BCUT2D eigenvalue weighted by atomic mass is 10.0. The number of ether oxygens (including phenoxy) is 1. The van der Waals surface area contributed by atoms with Gasteiger partial charge >= 0.3 is 6.03 Å². The largest absolute Gasteiger partial charge is 0.493 e. The van der Waals surface area contributed by atoms with Gasteiger partial charge in [0.1, 0.15) is 5.75 Å². The number of carbonyl (C=O) groups is 1. The Hall–Kier alpha value is -1.71. The molecule has 4 heteroatoms. The molecule has 0 radical (unpaired) electrons. The number of nitrogens with zero attached hydrogens (tertiary/aromatic N) is 1. The highest BCUT2D eigenvalue weighted by atomic mass is 16.5. The summed E-state index contributed by atoms with van der Waals surface area (Å²) in [5, 5.41) is 3.12. The lowest BCUT2D eigenvalue weighted by Crippen LogP contribution is -2.41. The smallest absolute Gasteiger partial charge is 0.317 e. The fraction of sp³-hybridized carbons (Fsp3) is 0.500. The van der Waals surface area contributed by atoms with Crippen molar-refractivity contribution in [3.8, 4) is 5.75 Å². The Morgan fingerprint density at radius 3 is 2.89 bits per heavy atom. The quantitative estimate of drug-likeness (QED) is 0.826. The average Bonchev–Trinajstić information content (AvgIpc) is 2.93. The third kappa shape index (κ3) is 2.15. The standard InChI is InChI=1S/C14H18N2O2/c17-14(16-8-3-4-9-16)15-12-7-10-18-13-6-2-1-5-11(12)13/h1-2,5-6,12H,3-4,7-10H2,(H,15,17). The first kappa shape index (κ1) is 11.4. The van der Waals surface area contributed by atoms with Crippen LogP contribution >= 0.6 is 0 Å². The van der Waals surface area contributed by atoms with E-state index < -0.39 is 0 Å². The van der Waals surface area contributed by atoms with Gasteiger partial charge < -0.3 is 15.0 Å². The van der Waals surface area contributed by atoms with Crippen LogP contribution in [0.2, 0.25) is 0 Å². The van der Waals surface area contributed by atoms with Gasteiger partial charge in [-0.05, 0) is 18.9 Å². The molecule has 96 valence electrons. The van der Waals surface area contributed by atoms with Crippen molar-refractivity contribution in [2.24, 2.45) is 0 Å². The lowest BCUT2D eigenvalue weighted by Gasteiger charge is -2.28. The third-order valence-electron chi connectivity index (χ3n) is 3.65. The minimum absolute atomic E-state index is 0.0641. The molecule has 0 saturated carbocycles. The number of fused-ring (bicyclic) bond motifs is 1. The molecule has 2 amide bonds. The zero-order valence-electron chi connectivity index (χ0n) is 10.4. The summed E-state index contributed by atoms with van der Waals surface area (Å²) in [6.07, 6.45) is 3.09. The van der Waals surface area contributed by atoms with E-state index in [4.69, 9.17) is 4.74 Å². The number of hydrogen-bond acceptors (Lipinski definition) is 2. The summed E-state index contributed by atoms with van der Waals surface area (Å²) in [5.74, 6) is 0.899. The van der Waals surface area contributed by atoms with Crippen molar-refractivity contribution >= 4 is 6.03 Å². The van der Waals surface area contributed by atoms with Gasteiger partial charge in [-0.3, -0.25) is 0 Å². The van der Waals surface area contributed by atoms with Crippen LogP contribution in [0.1, 0.15) is 30.9 Å². The lowest BCUT2D eigenvalue weighted by molar-refractivity contribution is 0.196.